The zero-order chi connectivity index (χ0) is 44.0. The predicted molar refractivity (Wildman–Crippen MR) is 281 cm³/mol. The van der Waals surface area contributed by atoms with Crippen molar-refractivity contribution in [2.45, 2.75) is 76.5 Å². The Kier molecular flexibility index (Phi) is 8.54. The molecular weight excluding hydrogens is 801 g/mol. The molecule has 0 saturated carbocycles. The lowest BCUT2D eigenvalue weighted by atomic mass is 9.66. The summed E-state index contributed by atoms with van der Waals surface area (Å²) >= 11 is 0. The lowest BCUT2D eigenvalue weighted by molar-refractivity contribution is 0.355. The summed E-state index contributed by atoms with van der Waals surface area (Å²) in [4.78, 5) is 3.47. The highest BCUT2D eigenvalue weighted by Gasteiger charge is 2.47. The first-order chi connectivity index (χ1) is 31.5. The van der Waals surface area contributed by atoms with Gasteiger partial charge in [0.05, 0.1) is 0 Å². The summed E-state index contributed by atoms with van der Waals surface area (Å²) in [5.41, 5.74) is 24.5. The van der Waals surface area contributed by atoms with Gasteiger partial charge in [0.25, 0.3) is 0 Å². The predicted octanol–water partition coefficient (Wildman–Crippen LogP) is 17.2. The van der Waals surface area contributed by atoms with Gasteiger partial charge in [-0.05, 0) is 195 Å². The standard InChI is InChI=1S/C64H58S/c1-63(2)55-25-15-12-22-45(55)47-31-29-41(35-57(47)63)61-50-33-28-40(44-21-11-10-20-43(44)39-18-8-7-9-19-39)34-52(50)62(42-30-32-48-46-23-13-16-26-56(46)64(3,4)58(48)36-42)54-38-60-51(37-53(54)61)49-24-14-17-27-59(49)65(60,5)6/h7-16,18-26,28-29,31-35,38,42,51,58H,17,27,30,36-37H2,1-6H3. The van der Waals surface area contributed by atoms with Crippen molar-refractivity contribution in [3.63, 3.8) is 0 Å². The Balaban J connectivity index is 1.10. The summed E-state index contributed by atoms with van der Waals surface area (Å²) in [7, 11) is -1.10. The van der Waals surface area contributed by atoms with Gasteiger partial charge in [0, 0.05) is 11.3 Å². The molecule has 0 nitrogen and oxygen atoms in total. The van der Waals surface area contributed by atoms with Crippen LogP contribution in [0.15, 0.2) is 173 Å². The lowest BCUT2D eigenvalue weighted by Gasteiger charge is -2.39. The van der Waals surface area contributed by atoms with E-state index in [0.717, 1.165) is 19.3 Å². The van der Waals surface area contributed by atoms with Crippen LogP contribution in [0.1, 0.15) is 98.2 Å². The molecule has 1 heteroatoms. The summed E-state index contributed by atoms with van der Waals surface area (Å²) < 4.78 is 0. The maximum Gasteiger partial charge on any atom is 0.0185 e. The normalized spacial score (nSPS) is 22.8. The molecule has 65 heavy (non-hydrogen) atoms. The zero-order valence-corrected chi connectivity index (χ0v) is 39.6. The van der Waals surface area contributed by atoms with E-state index in [1.807, 2.05) is 0 Å². The van der Waals surface area contributed by atoms with Crippen molar-refractivity contribution in [1.29, 1.82) is 0 Å². The Morgan fingerprint density at radius 2 is 1.28 bits per heavy atom. The molecule has 7 aromatic rings. The van der Waals surface area contributed by atoms with E-state index < -0.39 is 10.0 Å². The Bertz CT molecular complexity index is 3320. The fraction of sp³-hybridized carbons (Fsp3) is 0.250. The molecule has 0 aromatic heterocycles. The highest BCUT2D eigenvalue weighted by Crippen LogP contribution is 2.71. The van der Waals surface area contributed by atoms with Crippen molar-refractivity contribution in [2.75, 3.05) is 12.5 Å². The molecule has 0 bridgehead atoms. The number of allylic oxidation sites excluding steroid dienone is 7. The van der Waals surface area contributed by atoms with Gasteiger partial charge >= 0.3 is 0 Å². The van der Waals surface area contributed by atoms with Crippen molar-refractivity contribution >= 4 is 32.4 Å². The largest absolute Gasteiger partial charge is 0.200 e. The minimum atomic E-state index is -1.10. The fourth-order valence-corrected chi connectivity index (χ4v) is 17.0. The molecule has 13 rings (SSSR count). The maximum atomic E-state index is 2.80. The molecule has 5 aliphatic carbocycles. The van der Waals surface area contributed by atoms with Gasteiger partial charge in [-0.2, -0.15) is 0 Å². The van der Waals surface area contributed by atoms with Gasteiger partial charge in [0.1, 0.15) is 0 Å². The first kappa shape index (κ1) is 39.5. The van der Waals surface area contributed by atoms with Crippen LogP contribution in [0.25, 0.3) is 66.9 Å². The smallest absolute Gasteiger partial charge is 0.0185 e. The Morgan fingerprint density at radius 1 is 0.600 bits per heavy atom. The molecular formula is C64H58S. The second-order valence-electron chi connectivity index (χ2n) is 21.4. The molecule has 1 heterocycles. The van der Waals surface area contributed by atoms with Crippen LogP contribution in [0.4, 0.5) is 0 Å². The van der Waals surface area contributed by atoms with Gasteiger partial charge in [-0.1, -0.05) is 173 Å². The quantitative estimate of drug-likeness (QED) is 0.165. The molecule has 3 atom stereocenters. The molecule has 320 valence electrons. The van der Waals surface area contributed by atoms with E-state index in [0.29, 0.717) is 17.8 Å². The molecule has 6 aliphatic rings. The van der Waals surface area contributed by atoms with E-state index in [4.69, 9.17) is 0 Å². The molecule has 0 fully saturated rings. The SMILES string of the molecule is CC1(C)c2ccccc2-c2ccc(-c3c4c(c(C5CC=C6c7ccccc7C(C)(C)C6C5)c5cc(-c6ccccc6-c6ccccc6)ccc35)C=C3C(C4)C4=C(CCC=C4)S3(C)C)cc21. The van der Waals surface area contributed by atoms with Crippen LogP contribution in [0, 0.1) is 11.8 Å². The Labute approximate surface area is 387 Å². The molecule has 0 amide bonds. The van der Waals surface area contributed by atoms with Crippen LogP contribution in [0.2, 0.25) is 0 Å². The summed E-state index contributed by atoms with van der Waals surface area (Å²) in [6.07, 6.45) is 21.4. The van der Waals surface area contributed by atoms with Gasteiger partial charge in [-0.15, -0.1) is 0 Å². The third-order valence-corrected chi connectivity index (χ3v) is 20.4. The van der Waals surface area contributed by atoms with Crippen molar-refractivity contribution in [3.05, 3.63) is 212 Å². The fourth-order valence-electron chi connectivity index (χ4n) is 14.0. The summed E-state index contributed by atoms with van der Waals surface area (Å²) in [5.74, 6) is 1.31. The Hall–Kier alpha value is -5.89. The number of hydrogen-bond donors (Lipinski definition) is 0. The van der Waals surface area contributed by atoms with Crippen molar-refractivity contribution in [3.8, 4) is 44.5 Å². The van der Waals surface area contributed by atoms with E-state index in [1.54, 1.807) is 32.1 Å². The topological polar surface area (TPSA) is 0 Å². The van der Waals surface area contributed by atoms with E-state index >= 15 is 0 Å². The first-order valence-corrected chi connectivity index (χ1v) is 26.6. The molecule has 3 unspecified atom stereocenters. The first-order valence-electron chi connectivity index (χ1n) is 24.2. The number of fused-ring (bicyclic) bond motifs is 10. The van der Waals surface area contributed by atoms with Crippen molar-refractivity contribution < 1.29 is 0 Å². The second kappa shape index (κ2) is 14.1. The van der Waals surface area contributed by atoms with Crippen LogP contribution < -0.4 is 0 Å². The monoisotopic (exact) mass is 858 g/mol. The van der Waals surface area contributed by atoms with E-state index in [2.05, 4.69) is 204 Å². The van der Waals surface area contributed by atoms with Gasteiger partial charge in [-0.3, -0.25) is 0 Å². The van der Waals surface area contributed by atoms with Gasteiger partial charge in [0.15, 0.2) is 0 Å². The molecule has 7 aromatic carbocycles. The van der Waals surface area contributed by atoms with Crippen LogP contribution in [-0.4, -0.2) is 12.5 Å². The van der Waals surface area contributed by atoms with E-state index in [1.165, 1.54) is 95.9 Å². The third kappa shape index (κ3) is 5.58. The number of rotatable bonds is 4. The van der Waals surface area contributed by atoms with Gasteiger partial charge < -0.3 is 0 Å². The van der Waals surface area contributed by atoms with Gasteiger partial charge in [0.2, 0.25) is 0 Å². The van der Waals surface area contributed by atoms with Crippen molar-refractivity contribution in [2.24, 2.45) is 11.8 Å². The highest BCUT2D eigenvalue weighted by molar-refractivity contribution is 8.39. The van der Waals surface area contributed by atoms with Crippen LogP contribution in [0.3, 0.4) is 0 Å². The van der Waals surface area contributed by atoms with E-state index in [9.17, 15) is 0 Å². The third-order valence-electron chi connectivity index (χ3n) is 17.2. The van der Waals surface area contributed by atoms with Crippen LogP contribution in [-0.2, 0) is 17.3 Å². The highest BCUT2D eigenvalue weighted by atomic mass is 32.3. The Morgan fingerprint density at radius 3 is 2.08 bits per heavy atom. The number of benzene rings is 7. The summed E-state index contributed by atoms with van der Waals surface area (Å²) in [6.45, 7) is 9.90. The lowest BCUT2D eigenvalue weighted by Crippen LogP contribution is -2.27. The van der Waals surface area contributed by atoms with Gasteiger partial charge in [-0.25, -0.2) is 10.0 Å². The molecule has 0 radical (unpaired) electrons. The minimum Gasteiger partial charge on any atom is -0.200 e. The molecule has 0 spiro atoms. The molecule has 0 saturated heterocycles. The summed E-state index contributed by atoms with van der Waals surface area (Å²) in [6, 6.07) is 53.6. The number of hydrogen-bond acceptors (Lipinski definition) is 0. The van der Waals surface area contributed by atoms with Crippen LogP contribution in [0.5, 0.6) is 0 Å². The van der Waals surface area contributed by atoms with E-state index in [-0.39, 0.29) is 10.8 Å². The average Bonchev–Trinajstić information content (AvgIpc) is 3.81. The maximum absolute atomic E-state index is 2.80. The van der Waals surface area contributed by atoms with Crippen molar-refractivity contribution in [1.82, 2.24) is 0 Å². The minimum absolute atomic E-state index is 0.0714. The zero-order valence-electron chi connectivity index (χ0n) is 38.8. The molecule has 0 N–H and O–H groups in total. The molecule has 1 aliphatic heterocycles. The van der Waals surface area contributed by atoms with Crippen LogP contribution >= 0.6 is 10.0 Å². The average molecular weight is 859 g/mol. The summed E-state index contributed by atoms with van der Waals surface area (Å²) in [5, 5.41) is 2.85. The second-order valence-corrected chi connectivity index (χ2v) is 25.0.